The highest BCUT2D eigenvalue weighted by molar-refractivity contribution is 7.13. The van der Waals surface area contributed by atoms with Crippen LogP contribution in [0.5, 0.6) is 0 Å². The fourth-order valence-corrected chi connectivity index (χ4v) is 2.15. The summed E-state index contributed by atoms with van der Waals surface area (Å²) in [6, 6.07) is 3.46. The van der Waals surface area contributed by atoms with Gasteiger partial charge in [0, 0.05) is 18.0 Å². The van der Waals surface area contributed by atoms with E-state index in [1.54, 1.807) is 24.5 Å². The minimum Gasteiger partial charge on any atom is -0.367 e. The molecule has 0 atom stereocenters. The van der Waals surface area contributed by atoms with Crippen molar-refractivity contribution in [3.8, 4) is 0 Å². The van der Waals surface area contributed by atoms with Gasteiger partial charge in [0.25, 0.3) is 0 Å². The van der Waals surface area contributed by atoms with Crippen LogP contribution in [0.1, 0.15) is 15.2 Å². The number of carbonyl (C=O) groups excluding carboxylic acids is 1. The lowest BCUT2D eigenvalue weighted by molar-refractivity contribution is 0.104. The zero-order valence-electron chi connectivity index (χ0n) is 6.58. The maximum Gasteiger partial charge on any atom is 0.205 e. The van der Waals surface area contributed by atoms with Gasteiger partial charge in [-0.2, -0.15) is 0 Å². The summed E-state index contributed by atoms with van der Waals surface area (Å²) in [4.78, 5) is 15.1. The van der Waals surface area contributed by atoms with E-state index >= 15 is 0 Å². The second-order valence-corrected chi connectivity index (χ2v) is 3.85. The van der Waals surface area contributed by atoms with E-state index in [0.717, 1.165) is 0 Å². The Morgan fingerprint density at radius 3 is 2.85 bits per heavy atom. The van der Waals surface area contributed by atoms with Crippen molar-refractivity contribution in [3.05, 3.63) is 45.4 Å². The minimum absolute atomic E-state index is 0.0266. The molecule has 0 aliphatic heterocycles. The third-order valence-corrected chi connectivity index (χ3v) is 3.02. The first-order valence-electron chi connectivity index (χ1n) is 3.69. The number of aromatic amines is 1. The largest absolute Gasteiger partial charge is 0.367 e. The number of rotatable bonds is 2. The van der Waals surface area contributed by atoms with Gasteiger partial charge in [-0.15, -0.1) is 11.3 Å². The molecule has 0 aliphatic carbocycles. The quantitative estimate of drug-likeness (QED) is 0.762. The lowest BCUT2D eigenvalue weighted by Gasteiger charge is -1.93. The van der Waals surface area contributed by atoms with Gasteiger partial charge in [0.15, 0.2) is 0 Å². The average molecular weight is 212 g/mol. The zero-order valence-corrected chi connectivity index (χ0v) is 8.15. The molecule has 0 fully saturated rings. The summed E-state index contributed by atoms with van der Waals surface area (Å²) in [6.07, 6.45) is 3.38. The molecular weight excluding hydrogens is 206 g/mol. The van der Waals surface area contributed by atoms with Crippen molar-refractivity contribution < 1.29 is 4.79 Å². The number of hydrogen-bond donors (Lipinski definition) is 1. The third-order valence-electron chi connectivity index (χ3n) is 1.68. The van der Waals surface area contributed by atoms with Gasteiger partial charge >= 0.3 is 0 Å². The van der Waals surface area contributed by atoms with E-state index in [9.17, 15) is 4.79 Å². The van der Waals surface area contributed by atoms with Crippen molar-refractivity contribution in [1.29, 1.82) is 0 Å². The van der Waals surface area contributed by atoms with Crippen LogP contribution < -0.4 is 0 Å². The highest BCUT2D eigenvalue weighted by atomic mass is 35.5. The summed E-state index contributed by atoms with van der Waals surface area (Å²) < 4.78 is 0. The van der Waals surface area contributed by atoms with Gasteiger partial charge in [0.1, 0.15) is 0 Å². The predicted octanol–water partition coefficient (Wildman–Crippen LogP) is 2.96. The summed E-state index contributed by atoms with van der Waals surface area (Å²) >= 11 is 7.19. The van der Waals surface area contributed by atoms with Crippen molar-refractivity contribution in [2.75, 3.05) is 0 Å². The molecule has 0 saturated heterocycles. The van der Waals surface area contributed by atoms with Crippen LogP contribution in [0, 0.1) is 0 Å². The maximum absolute atomic E-state index is 11.7. The molecule has 2 nitrogen and oxygen atoms in total. The second kappa shape index (κ2) is 3.36. The van der Waals surface area contributed by atoms with E-state index < -0.39 is 0 Å². The van der Waals surface area contributed by atoms with Crippen molar-refractivity contribution >= 4 is 28.7 Å². The topological polar surface area (TPSA) is 32.9 Å². The minimum atomic E-state index is -0.0266. The van der Waals surface area contributed by atoms with Gasteiger partial charge in [-0.25, -0.2) is 0 Å². The Bertz CT molecular complexity index is 419. The number of halogens is 1. The molecule has 0 radical (unpaired) electrons. The SMILES string of the molecule is O=C(c1cc[nH]c1)c1sccc1Cl. The normalized spacial score (nSPS) is 10.2. The van der Waals surface area contributed by atoms with Crippen LogP contribution in [0.15, 0.2) is 29.9 Å². The fourth-order valence-electron chi connectivity index (χ4n) is 1.05. The Kier molecular flexibility index (Phi) is 2.20. The molecule has 0 spiro atoms. The molecule has 0 aromatic carbocycles. The van der Waals surface area contributed by atoms with E-state index in [1.165, 1.54) is 11.3 Å². The monoisotopic (exact) mass is 211 g/mol. The molecular formula is C9H6ClNOS. The van der Waals surface area contributed by atoms with Gasteiger partial charge in [-0.05, 0) is 17.5 Å². The summed E-state index contributed by atoms with van der Waals surface area (Å²) in [7, 11) is 0. The average Bonchev–Trinajstić information content (AvgIpc) is 2.72. The third kappa shape index (κ3) is 1.53. The molecule has 2 aromatic heterocycles. The van der Waals surface area contributed by atoms with Crippen LogP contribution >= 0.6 is 22.9 Å². The number of carbonyl (C=O) groups is 1. The van der Waals surface area contributed by atoms with Crippen LogP contribution in [-0.4, -0.2) is 10.8 Å². The van der Waals surface area contributed by atoms with Gasteiger partial charge in [-0.1, -0.05) is 11.6 Å². The van der Waals surface area contributed by atoms with Gasteiger partial charge in [0.05, 0.1) is 9.90 Å². The first-order chi connectivity index (χ1) is 6.29. The van der Waals surface area contributed by atoms with E-state index in [2.05, 4.69) is 4.98 Å². The van der Waals surface area contributed by atoms with Crippen molar-refractivity contribution in [2.45, 2.75) is 0 Å². The molecule has 0 saturated carbocycles. The predicted molar refractivity (Wildman–Crippen MR) is 53.6 cm³/mol. The number of nitrogens with one attached hydrogen (secondary N) is 1. The molecule has 0 amide bonds. The standard InChI is InChI=1S/C9H6ClNOS/c10-7-2-4-13-9(7)8(12)6-1-3-11-5-6/h1-5,11H. The molecule has 1 N–H and O–H groups in total. The van der Waals surface area contributed by atoms with Crippen molar-refractivity contribution in [3.63, 3.8) is 0 Å². The lowest BCUT2D eigenvalue weighted by atomic mass is 10.2. The molecule has 0 bridgehead atoms. The first kappa shape index (κ1) is 8.53. The summed E-state index contributed by atoms with van der Waals surface area (Å²) in [5, 5.41) is 2.33. The molecule has 2 rings (SSSR count). The van der Waals surface area contributed by atoms with Gasteiger partial charge < -0.3 is 4.98 Å². The van der Waals surface area contributed by atoms with Crippen LogP contribution in [-0.2, 0) is 0 Å². The maximum atomic E-state index is 11.7. The number of H-pyrrole nitrogens is 1. The highest BCUT2D eigenvalue weighted by Gasteiger charge is 2.13. The Labute approximate surface area is 84.2 Å². The Balaban J connectivity index is 2.39. The molecule has 66 valence electrons. The van der Waals surface area contributed by atoms with Crippen LogP contribution in [0.4, 0.5) is 0 Å². The molecule has 0 unspecified atom stereocenters. The molecule has 4 heteroatoms. The number of aromatic nitrogens is 1. The Morgan fingerprint density at radius 2 is 2.31 bits per heavy atom. The Hall–Kier alpha value is -1.06. The Morgan fingerprint density at radius 1 is 1.46 bits per heavy atom. The number of ketones is 1. The molecule has 2 heterocycles. The van der Waals surface area contributed by atoms with Crippen LogP contribution in [0.2, 0.25) is 5.02 Å². The summed E-state index contributed by atoms with van der Waals surface area (Å²) in [5.41, 5.74) is 0.643. The lowest BCUT2D eigenvalue weighted by Crippen LogP contribution is -1.96. The summed E-state index contributed by atoms with van der Waals surface area (Å²) in [6.45, 7) is 0. The molecule has 13 heavy (non-hydrogen) atoms. The van der Waals surface area contributed by atoms with Crippen molar-refractivity contribution in [2.24, 2.45) is 0 Å². The van der Waals surface area contributed by atoms with Crippen LogP contribution in [0.25, 0.3) is 0 Å². The van der Waals surface area contributed by atoms with Gasteiger partial charge in [0.2, 0.25) is 5.78 Å². The summed E-state index contributed by atoms with van der Waals surface area (Å²) in [5.74, 6) is -0.0266. The zero-order chi connectivity index (χ0) is 9.26. The van der Waals surface area contributed by atoms with Crippen molar-refractivity contribution in [1.82, 2.24) is 4.98 Å². The smallest absolute Gasteiger partial charge is 0.205 e. The highest BCUT2D eigenvalue weighted by Crippen LogP contribution is 2.24. The second-order valence-electron chi connectivity index (χ2n) is 2.53. The van der Waals surface area contributed by atoms with E-state index in [1.807, 2.05) is 5.38 Å². The van der Waals surface area contributed by atoms with Gasteiger partial charge in [-0.3, -0.25) is 4.79 Å². The number of thiophene rings is 1. The molecule has 0 aliphatic rings. The van der Waals surface area contributed by atoms with E-state index in [0.29, 0.717) is 15.5 Å². The first-order valence-corrected chi connectivity index (χ1v) is 4.95. The molecule has 2 aromatic rings. The number of hydrogen-bond acceptors (Lipinski definition) is 2. The van der Waals surface area contributed by atoms with E-state index in [-0.39, 0.29) is 5.78 Å². The van der Waals surface area contributed by atoms with E-state index in [4.69, 9.17) is 11.6 Å². The van der Waals surface area contributed by atoms with Crippen LogP contribution in [0.3, 0.4) is 0 Å². The fraction of sp³-hybridized carbons (Fsp3) is 0.